The molecule has 0 aromatic carbocycles. The van der Waals surface area contributed by atoms with E-state index in [1.165, 1.54) is 12.8 Å². The van der Waals surface area contributed by atoms with Gasteiger partial charge in [0.1, 0.15) is 5.76 Å². The van der Waals surface area contributed by atoms with E-state index in [2.05, 4.69) is 38.7 Å². The Balaban J connectivity index is 0.00000192. The highest BCUT2D eigenvalue weighted by atomic mass is 127. The lowest BCUT2D eigenvalue weighted by Gasteiger charge is -2.27. The number of hydrogen-bond acceptors (Lipinski definition) is 3. The minimum absolute atomic E-state index is 0. The lowest BCUT2D eigenvalue weighted by atomic mass is 10.2. The first-order valence-corrected chi connectivity index (χ1v) is 8.26. The molecule has 5 nitrogen and oxygen atoms in total. The molecule has 1 saturated heterocycles. The number of nitrogens with zero attached hydrogens (tertiary/aromatic N) is 2. The third-order valence-corrected chi connectivity index (χ3v) is 4.49. The number of nitrogens with one attached hydrogen (secondary N) is 2. The van der Waals surface area contributed by atoms with Crippen molar-refractivity contribution in [2.45, 2.75) is 37.8 Å². The van der Waals surface area contributed by atoms with Crippen molar-refractivity contribution >= 4 is 29.9 Å². The predicted molar refractivity (Wildman–Crippen MR) is 104 cm³/mol. The summed E-state index contributed by atoms with van der Waals surface area (Å²) in [5.41, 5.74) is 0. The fourth-order valence-corrected chi connectivity index (χ4v) is 3.26. The van der Waals surface area contributed by atoms with Crippen molar-refractivity contribution in [1.82, 2.24) is 15.5 Å². The van der Waals surface area contributed by atoms with Gasteiger partial charge in [-0.25, -0.2) is 0 Å². The summed E-state index contributed by atoms with van der Waals surface area (Å²) >= 11 is 0. The van der Waals surface area contributed by atoms with Crippen LogP contribution in [-0.4, -0.2) is 43.6 Å². The van der Waals surface area contributed by atoms with Crippen LogP contribution < -0.4 is 10.6 Å². The van der Waals surface area contributed by atoms with Gasteiger partial charge in [0.15, 0.2) is 5.96 Å². The molecule has 6 heteroatoms. The summed E-state index contributed by atoms with van der Waals surface area (Å²) in [4.78, 5) is 6.85. The van der Waals surface area contributed by atoms with Crippen molar-refractivity contribution in [2.24, 2.45) is 4.99 Å². The Kier molecular flexibility index (Phi) is 7.42. The Morgan fingerprint density at radius 1 is 1.35 bits per heavy atom. The third-order valence-electron chi connectivity index (χ3n) is 4.49. The number of likely N-dealkylation sites (tertiary alicyclic amines) is 1. The van der Waals surface area contributed by atoms with Gasteiger partial charge in [-0.05, 0) is 50.9 Å². The summed E-state index contributed by atoms with van der Waals surface area (Å²) in [5, 5.41) is 6.96. The van der Waals surface area contributed by atoms with Crippen LogP contribution in [0.1, 0.15) is 37.5 Å². The summed E-state index contributed by atoms with van der Waals surface area (Å²) in [6.45, 7) is 3.10. The maximum atomic E-state index is 5.66. The van der Waals surface area contributed by atoms with Crippen molar-refractivity contribution in [3.8, 4) is 0 Å². The first-order chi connectivity index (χ1) is 10.9. The van der Waals surface area contributed by atoms with Crippen LogP contribution in [0.15, 0.2) is 40.0 Å². The number of rotatable bonds is 5. The number of aliphatic imine (C=N–C) groups is 1. The molecule has 2 heterocycles. The first-order valence-electron chi connectivity index (χ1n) is 8.26. The number of halogens is 1. The minimum atomic E-state index is 0. The van der Waals surface area contributed by atoms with Gasteiger partial charge in [0.05, 0.1) is 12.3 Å². The predicted octanol–water partition coefficient (Wildman–Crippen LogP) is 2.92. The average Bonchev–Trinajstić information content (AvgIpc) is 3.29. The summed E-state index contributed by atoms with van der Waals surface area (Å²) in [5.74, 6) is 1.91. The molecular formula is C17H27IN4O. The Morgan fingerprint density at radius 2 is 2.09 bits per heavy atom. The molecule has 2 aliphatic rings. The van der Waals surface area contributed by atoms with Gasteiger partial charge in [0.2, 0.25) is 0 Å². The van der Waals surface area contributed by atoms with Gasteiger partial charge in [-0.2, -0.15) is 0 Å². The zero-order valence-corrected chi connectivity index (χ0v) is 16.0. The highest BCUT2D eigenvalue weighted by Crippen LogP contribution is 2.24. The molecule has 1 aromatic heterocycles. The number of guanidine groups is 1. The molecule has 2 N–H and O–H groups in total. The van der Waals surface area contributed by atoms with Crippen LogP contribution in [-0.2, 0) is 0 Å². The largest absolute Gasteiger partial charge is 0.468 e. The van der Waals surface area contributed by atoms with E-state index in [-0.39, 0.29) is 30.0 Å². The molecule has 1 fully saturated rings. The monoisotopic (exact) mass is 430 g/mol. The first kappa shape index (κ1) is 18.3. The molecule has 1 unspecified atom stereocenters. The van der Waals surface area contributed by atoms with E-state index < -0.39 is 0 Å². The molecule has 0 saturated carbocycles. The summed E-state index contributed by atoms with van der Waals surface area (Å²) in [6.07, 6.45) is 10.9. The molecule has 0 spiro atoms. The molecule has 0 radical (unpaired) electrons. The van der Waals surface area contributed by atoms with Crippen molar-refractivity contribution in [3.63, 3.8) is 0 Å². The molecule has 1 aliphatic heterocycles. The zero-order valence-electron chi connectivity index (χ0n) is 13.7. The number of furan rings is 1. The normalized spacial score (nSPS) is 20.5. The third kappa shape index (κ3) is 4.97. The van der Waals surface area contributed by atoms with E-state index in [4.69, 9.17) is 4.42 Å². The molecule has 3 rings (SSSR count). The molecule has 1 aliphatic carbocycles. The van der Waals surface area contributed by atoms with Crippen molar-refractivity contribution in [3.05, 3.63) is 36.3 Å². The van der Waals surface area contributed by atoms with Crippen LogP contribution in [0.5, 0.6) is 0 Å². The second-order valence-corrected chi connectivity index (χ2v) is 6.01. The van der Waals surface area contributed by atoms with Gasteiger partial charge in [-0.15, -0.1) is 24.0 Å². The van der Waals surface area contributed by atoms with Crippen LogP contribution in [0.3, 0.4) is 0 Å². The topological polar surface area (TPSA) is 52.8 Å². The lowest BCUT2D eigenvalue weighted by molar-refractivity contribution is 0.215. The SMILES string of the molecule is CN=C(NCC(c1ccco1)N1CCCC1)NC1CC=CC1.I. The van der Waals surface area contributed by atoms with Gasteiger partial charge in [0.25, 0.3) is 0 Å². The Bertz CT molecular complexity index is 501. The van der Waals surface area contributed by atoms with Gasteiger partial charge in [0, 0.05) is 19.6 Å². The van der Waals surface area contributed by atoms with Crippen LogP contribution in [0.2, 0.25) is 0 Å². The van der Waals surface area contributed by atoms with E-state index in [9.17, 15) is 0 Å². The lowest BCUT2D eigenvalue weighted by Crippen LogP contribution is -2.45. The van der Waals surface area contributed by atoms with Crippen molar-refractivity contribution < 1.29 is 4.42 Å². The van der Waals surface area contributed by atoms with Gasteiger partial charge in [-0.3, -0.25) is 9.89 Å². The zero-order chi connectivity index (χ0) is 15.2. The summed E-state index contributed by atoms with van der Waals surface area (Å²) in [6, 6.07) is 4.79. The van der Waals surface area contributed by atoms with Crippen LogP contribution in [0.25, 0.3) is 0 Å². The maximum absolute atomic E-state index is 5.66. The molecule has 1 aromatic rings. The van der Waals surface area contributed by atoms with E-state index >= 15 is 0 Å². The Hall–Kier alpha value is -1.02. The highest BCUT2D eigenvalue weighted by Gasteiger charge is 2.25. The second-order valence-electron chi connectivity index (χ2n) is 6.01. The average molecular weight is 430 g/mol. The molecule has 128 valence electrons. The van der Waals surface area contributed by atoms with Crippen molar-refractivity contribution in [1.29, 1.82) is 0 Å². The van der Waals surface area contributed by atoms with Crippen LogP contribution >= 0.6 is 24.0 Å². The number of hydrogen-bond donors (Lipinski definition) is 2. The van der Waals surface area contributed by atoms with E-state index in [1.807, 2.05) is 13.1 Å². The maximum Gasteiger partial charge on any atom is 0.191 e. The summed E-state index contributed by atoms with van der Waals surface area (Å²) in [7, 11) is 1.83. The molecule has 1 atom stereocenters. The molecule has 23 heavy (non-hydrogen) atoms. The van der Waals surface area contributed by atoms with E-state index in [0.717, 1.165) is 44.2 Å². The van der Waals surface area contributed by atoms with E-state index in [1.54, 1.807) is 6.26 Å². The van der Waals surface area contributed by atoms with Crippen LogP contribution in [0, 0.1) is 0 Å². The van der Waals surface area contributed by atoms with Crippen molar-refractivity contribution in [2.75, 3.05) is 26.7 Å². The summed E-state index contributed by atoms with van der Waals surface area (Å²) < 4.78 is 5.66. The van der Waals surface area contributed by atoms with Crippen LogP contribution in [0.4, 0.5) is 0 Å². The fraction of sp³-hybridized carbons (Fsp3) is 0.588. The van der Waals surface area contributed by atoms with E-state index in [0.29, 0.717) is 6.04 Å². The molecule has 0 bridgehead atoms. The van der Waals surface area contributed by atoms with Gasteiger partial charge in [-0.1, -0.05) is 12.2 Å². The highest BCUT2D eigenvalue weighted by molar-refractivity contribution is 14.0. The Labute approximate surface area is 155 Å². The fourth-order valence-electron chi connectivity index (χ4n) is 3.26. The molecular weight excluding hydrogens is 403 g/mol. The smallest absolute Gasteiger partial charge is 0.191 e. The second kappa shape index (κ2) is 9.32. The standard InChI is InChI=1S/C17H26N4O.HI/c1-18-17(20-14-7-2-3-8-14)19-13-15(16-9-6-12-22-16)21-10-4-5-11-21;/h2-3,6,9,12,14-15H,4-5,7-8,10-11,13H2,1H3,(H2,18,19,20);1H. The Morgan fingerprint density at radius 3 is 2.70 bits per heavy atom. The van der Waals surface area contributed by atoms with Gasteiger partial charge >= 0.3 is 0 Å². The minimum Gasteiger partial charge on any atom is -0.468 e. The van der Waals surface area contributed by atoms with Gasteiger partial charge < -0.3 is 15.1 Å². The quantitative estimate of drug-likeness (QED) is 0.327. The molecule has 0 amide bonds.